The van der Waals surface area contributed by atoms with E-state index in [1.807, 2.05) is 19.1 Å². The molecule has 0 aliphatic carbocycles. The fourth-order valence-electron chi connectivity index (χ4n) is 2.17. The summed E-state index contributed by atoms with van der Waals surface area (Å²) in [6.45, 7) is 11.5. The molecule has 1 N–H and O–H groups in total. The van der Waals surface area contributed by atoms with E-state index in [2.05, 4.69) is 43.3 Å². The number of nitrogens with zero attached hydrogens (tertiary/aromatic N) is 1. The third-order valence-electron chi connectivity index (χ3n) is 3.65. The Labute approximate surface area is 119 Å². The Morgan fingerprint density at radius 1 is 1.37 bits per heavy atom. The lowest BCUT2D eigenvalue weighted by molar-refractivity contribution is 0.265. The smallest absolute Gasteiger partial charge is 0.178 e. The van der Waals surface area contributed by atoms with Gasteiger partial charge in [-0.15, -0.1) is 0 Å². The molecule has 0 fully saturated rings. The first-order valence-electron chi connectivity index (χ1n) is 6.72. The van der Waals surface area contributed by atoms with Crippen molar-refractivity contribution < 1.29 is 4.74 Å². The Hall–Kier alpha value is -1.29. The van der Waals surface area contributed by atoms with Gasteiger partial charge in [-0.25, -0.2) is 0 Å². The molecule has 0 aliphatic rings. The van der Waals surface area contributed by atoms with Crippen LogP contribution in [0.4, 0.5) is 0 Å². The molecule has 2 rings (SSSR count). The van der Waals surface area contributed by atoms with Crippen molar-refractivity contribution in [2.24, 2.45) is 5.41 Å². The zero-order valence-electron chi connectivity index (χ0n) is 12.3. The molecule has 0 bridgehead atoms. The molecule has 1 aromatic heterocycles. The Kier molecular flexibility index (Phi) is 3.72. The van der Waals surface area contributed by atoms with Crippen LogP contribution in [0.15, 0.2) is 18.2 Å². The maximum absolute atomic E-state index is 5.66. The second kappa shape index (κ2) is 5.00. The van der Waals surface area contributed by atoms with Crippen molar-refractivity contribution in [1.29, 1.82) is 0 Å². The number of hydrogen-bond acceptors (Lipinski definition) is 2. The largest absolute Gasteiger partial charge is 0.492 e. The summed E-state index contributed by atoms with van der Waals surface area (Å²) < 4.78 is 8.60. The quantitative estimate of drug-likeness (QED) is 0.824. The third kappa shape index (κ3) is 2.54. The van der Waals surface area contributed by atoms with Gasteiger partial charge in [0.1, 0.15) is 11.3 Å². The van der Waals surface area contributed by atoms with Crippen LogP contribution in [0.25, 0.3) is 11.0 Å². The predicted octanol–water partition coefficient (Wildman–Crippen LogP) is 4.70. The summed E-state index contributed by atoms with van der Waals surface area (Å²) in [6, 6.07) is 6.39. The van der Waals surface area contributed by atoms with E-state index >= 15 is 0 Å². The minimum atomic E-state index is 0.148. The number of para-hydroxylation sites is 1. The highest BCUT2D eigenvalue weighted by molar-refractivity contribution is 7.71. The number of benzene rings is 1. The van der Waals surface area contributed by atoms with Gasteiger partial charge in [0, 0.05) is 6.04 Å². The lowest BCUT2D eigenvalue weighted by Gasteiger charge is -2.29. The molecule has 1 atom stereocenters. The minimum absolute atomic E-state index is 0.148. The number of ether oxygens (including phenoxy) is 1. The van der Waals surface area contributed by atoms with Crippen molar-refractivity contribution in [3.63, 3.8) is 0 Å². The number of imidazole rings is 1. The second-order valence-corrected chi connectivity index (χ2v) is 6.31. The van der Waals surface area contributed by atoms with Crippen LogP contribution in [0.5, 0.6) is 5.75 Å². The fourth-order valence-corrected chi connectivity index (χ4v) is 2.53. The van der Waals surface area contributed by atoms with Crippen LogP contribution in [0, 0.1) is 10.2 Å². The van der Waals surface area contributed by atoms with Gasteiger partial charge in [-0.1, -0.05) is 26.8 Å². The molecule has 4 heteroatoms. The summed E-state index contributed by atoms with van der Waals surface area (Å²) in [7, 11) is 0. The van der Waals surface area contributed by atoms with E-state index < -0.39 is 0 Å². The minimum Gasteiger partial charge on any atom is -0.492 e. The highest BCUT2D eigenvalue weighted by atomic mass is 32.1. The lowest BCUT2D eigenvalue weighted by atomic mass is 9.88. The van der Waals surface area contributed by atoms with Gasteiger partial charge in [-0.2, -0.15) is 0 Å². The van der Waals surface area contributed by atoms with Gasteiger partial charge < -0.3 is 14.3 Å². The van der Waals surface area contributed by atoms with Gasteiger partial charge in [0.25, 0.3) is 0 Å². The third-order valence-corrected chi connectivity index (χ3v) is 3.95. The SMILES string of the molecule is CCOc1cccc2c1[nH]c(=S)n2C(C)C(C)(C)C. The van der Waals surface area contributed by atoms with Crippen molar-refractivity contribution in [2.75, 3.05) is 6.61 Å². The van der Waals surface area contributed by atoms with Crippen molar-refractivity contribution in [3.8, 4) is 5.75 Å². The maximum Gasteiger partial charge on any atom is 0.178 e. The molecule has 1 unspecified atom stereocenters. The molecule has 0 amide bonds. The van der Waals surface area contributed by atoms with Gasteiger partial charge in [-0.05, 0) is 43.6 Å². The average Bonchev–Trinajstić information content (AvgIpc) is 2.64. The van der Waals surface area contributed by atoms with Crippen LogP contribution in [-0.2, 0) is 0 Å². The maximum atomic E-state index is 5.66. The average molecular weight is 278 g/mol. The monoisotopic (exact) mass is 278 g/mol. The summed E-state index contributed by atoms with van der Waals surface area (Å²) in [5.41, 5.74) is 2.25. The first-order valence-corrected chi connectivity index (χ1v) is 7.13. The van der Waals surface area contributed by atoms with Crippen LogP contribution in [-0.4, -0.2) is 16.2 Å². The highest BCUT2D eigenvalue weighted by Crippen LogP contribution is 2.34. The molecule has 0 radical (unpaired) electrons. The second-order valence-electron chi connectivity index (χ2n) is 5.93. The van der Waals surface area contributed by atoms with E-state index in [0.29, 0.717) is 12.6 Å². The van der Waals surface area contributed by atoms with Crippen molar-refractivity contribution in [1.82, 2.24) is 9.55 Å². The van der Waals surface area contributed by atoms with E-state index in [4.69, 9.17) is 17.0 Å². The molecule has 1 aromatic carbocycles. The summed E-state index contributed by atoms with van der Waals surface area (Å²) in [4.78, 5) is 3.29. The molecule has 2 aromatic rings. The van der Waals surface area contributed by atoms with Gasteiger partial charge >= 0.3 is 0 Å². The number of nitrogens with one attached hydrogen (secondary N) is 1. The van der Waals surface area contributed by atoms with Gasteiger partial charge in [0.15, 0.2) is 4.77 Å². The van der Waals surface area contributed by atoms with E-state index in [9.17, 15) is 0 Å². The Bertz CT molecular complexity index is 634. The van der Waals surface area contributed by atoms with E-state index in [1.54, 1.807) is 0 Å². The molecule has 19 heavy (non-hydrogen) atoms. The van der Waals surface area contributed by atoms with Crippen molar-refractivity contribution in [2.45, 2.75) is 40.7 Å². The fraction of sp³-hybridized carbons (Fsp3) is 0.533. The van der Waals surface area contributed by atoms with Crippen LogP contribution < -0.4 is 4.74 Å². The van der Waals surface area contributed by atoms with Gasteiger partial charge in [-0.3, -0.25) is 0 Å². The Morgan fingerprint density at radius 2 is 2.05 bits per heavy atom. The summed E-state index contributed by atoms with van der Waals surface area (Å²) in [5.74, 6) is 0.867. The van der Waals surface area contributed by atoms with E-state index in [-0.39, 0.29) is 5.41 Å². The topological polar surface area (TPSA) is 29.9 Å². The van der Waals surface area contributed by atoms with E-state index in [1.165, 1.54) is 0 Å². The Morgan fingerprint density at radius 3 is 2.63 bits per heavy atom. The molecular weight excluding hydrogens is 256 g/mol. The molecule has 0 saturated carbocycles. The standard InChI is InChI=1S/C15H22N2OS/c1-6-18-12-9-7-8-11-13(12)16-14(19)17(11)10(2)15(3,4)5/h7-10H,6H2,1-5H3,(H,16,19). The van der Waals surface area contributed by atoms with E-state index in [0.717, 1.165) is 21.6 Å². The van der Waals surface area contributed by atoms with Crippen LogP contribution in [0.2, 0.25) is 0 Å². The van der Waals surface area contributed by atoms with Crippen molar-refractivity contribution in [3.05, 3.63) is 23.0 Å². The number of H-pyrrole nitrogens is 1. The number of aromatic nitrogens is 2. The van der Waals surface area contributed by atoms with Gasteiger partial charge in [0.05, 0.1) is 12.1 Å². The number of rotatable bonds is 3. The number of fused-ring (bicyclic) bond motifs is 1. The highest BCUT2D eigenvalue weighted by Gasteiger charge is 2.24. The van der Waals surface area contributed by atoms with Crippen molar-refractivity contribution >= 4 is 23.3 Å². The zero-order valence-corrected chi connectivity index (χ0v) is 13.1. The molecule has 3 nitrogen and oxygen atoms in total. The molecule has 0 aliphatic heterocycles. The normalized spacial score (nSPS) is 13.7. The first-order chi connectivity index (χ1) is 8.86. The molecule has 1 heterocycles. The Balaban J connectivity index is 2.67. The molecule has 0 spiro atoms. The summed E-state index contributed by atoms with van der Waals surface area (Å²) in [6.07, 6.45) is 0. The first kappa shape index (κ1) is 14.1. The summed E-state index contributed by atoms with van der Waals surface area (Å²) in [5, 5.41) is 0. The van der Waals surface area contributed by atoms with Gasteiger partial charge in [0.2, 0.25) is 0 Å². The molecule has 104 valence electrons. The molecular formula is C15H22N2OS. The lowest BCUT2D eigenvalue weighted by Crippen LogP contribution is -2.21. The van der Waals surface area contributed by atoms with Crippen LogP contribution in [0.1, 0.15) is 40.7 Å². The summed E-state index contributed by atoms with van der Waals surface area (Å²) >= 11 is 5.49. The number of hydrogen-bond donors (Lipinski definition) is 1. The van der Waals surface area contributed by atoms with Crippen LogP contribution >= 0.6 is 12.2 Å². The zero-order chi connectivity index (χ0) is 14.2. The van der Waals surface area contributed by atoms with Crippen LogP contribution in [0.3, 0.4) is 0 Å². The predicted molar refractivity (Wildman–Crippen MR) is 82.5 cm³/mol. The molecule has 0 saturated heterocycles. The number of aromatic amines is 1.